The minimum atomic E-state index is -0.172. The van der Waals surface area contributed by atoms with Crippen molar-refractivity contribution in [1.82, 2.24) is 20.2 Å². The first-order valence-corrected chi connectivity index (χ1v) is 10.1. The predicted molar refractivity (Wildman–Crippen MR) is 115 cm³/mol. The van der Waals surface area contributed by atoms with Crippen molar-refractivity contribution in [2.24, 2.45) is 0 Å². The van der Waals surface area contributed by atoms with Crippen LogP contribution in [0.5, 0.6) is 0 Å². The molecule has 0 radical (unpaired) electrons. The zero-order valence-corrected chi connectivity index (χ0v) is 17.0. The summed E-state index contributed by atoms with van der Waals surface area (Å²) in [5, 5.41) is 2.86. The molecule has 0 saturated carbocycles. The van der Waals surface area contributed by atoms with Gasteiger partial charge in [0.15, 0.2) is 0 Å². The van der Waals surface area contributed by atoms with E-state index < -0.39 is 0 Å². The van der Waals surface area contributed by atoms with Crippen LogP contribution >= 0.6 is 0 Å². The maximum atomic E-state index is 12.3. The van der Waals surface area contributed by atoms with Crippen molar-refractivity contribution in [3.8, 4) is 0 Å². The summed E-state index contributed by atoms with van der Waals surface area (Å²) in [7, 11) is 1.65. The van der Waals surface area contributed by atoms with Crippen LogP contribution in [-0.2, 0) is 4.74 Å². The second-order valence-electron chi connectivity index (χ2n) is 6.94. The Bertz CT molecular complexity index is 789. The van der Waals surface area contributed by atoms with Gasteiger partial charge in [0, 0.05) is 59.2 Å². The normalized spacial score (nSPS) is 15.0. The molecule has 2 aromatic rings. The van der Waals surface area contributed by atoms with Gasteiger partial charge in [-0.25, -0.2) is 9.97 Å². The number of hydrogen-bond donors (Lipinski definition) is 1. The van der Waals surface area contributed by atoms with Crippen LogP contribution in [0, 0.1) is 0 Å². The Labute approximate surface area is 172 Å². The van der Waals surface area contributed by atoms with Gasteiger partial charge in [-0.1, -0.05) is 42.5 Å². The van der Waals surface area contributed by atoms with E-state index in [9.17, 15) is 4.79 Å². The van der Waals surface area contributed by atoms with Gasteiger partial charge in [0.2, 0.25) is 5.95 Å². The van der Waals surface area contributed by atoms with E-state index in [-0.39, 0.29) is 5.91 Å². The van der Waals surface area contributed by atoms with Crippen LogP contribution in [0.15, 0.2) is 48.7 Å². The van der Waals surface area contributed by atoms with Crippen LogP contribution in [0.4, 0.5) is 5.95 Å². The standard InChI is InChI=1S/C22H29N5O2/c1-29-18-6-11-23-21(28)20-10-12-24-22(25-20)27-16-14-26(15-17-27)13-5-9-19-7-3-2-4-8-19/h2-5,7-10,12H,6,11,13-18H2,1H3,(H,23,28)/b9-5+. The molecule has 1 saturated heterocycles. The van der Waals surface area contributed by atoms with Crippen molar-refractivity contribution in [2.45, 2.75) is 6.42 Å². The highest BCUT2D eigenvalue weighted by Gasteiger charge is 2.19. The van der Waals surface area contributed by atoms with Gasteiger partial charge in [-0.3, -0.25) is 9.69 Å². The summed E-state index contributed by atoms with van der Waals surface area (Å²) in [5.41, 5.74) is 1.62. The van der Waals surface area contributed by atoms with E-state index in [1.165, 1.54) is 5.56 Å². The number of carbonyl (C=O) groups excluding carboxylic acids is 1. The summed E-state index contributed by atoms with van der Waals surface area (Å²) in [5.74, 6) is 0.448. The third-order valence-electron chi connectivity index (χ3n) is 4.81. The molecular weight excluding hydrogens is 366 g/mol. The molecule has 0 bridgehead atoms. The van der Waals surface area contributed by atoms with Crippen molar-refractivity contribution < 1.29 is 9.53 Å². The van der Waals surface area contributed by atoms with Crippen LogP contribution in [0.25, 0.3) is 6.08 Å². The molecule has 154 valence electrons. The Morgan fingerprint density at radius 3 is 2.72 bits per heavy atom. The molecule has 0 aliphatic carbocycles. The van der Waals surface area contributed by atoms with Crippen LogP contribution in [0.1, 0.15) is 22.5 Å². The van der Waals surface area contributed by atoms with E-state index in [0.29, 0.717) is 24.8 Å². The molecule has 1 fully saturated rings. The summed E-state index contributed by atoms with van der Waals surface area (Å²) in [4.78, 5) is 25.6. The molecule has 1 aromatic heterocycles. The highest BCUT2D eigenvalue weighted by Crippen LogP contribution is 2.12. The molecule has 3 rings (SSSR count). The number of methoxy groups -OCH3 is 1. The molecule has 1 aromatic carbocycles. The van der Waals surface area contributed by atoms with Gasteiger partial charge >= 0.3 is 0 Å². The number of aromatic nitrogens is 2. The topological polar surface area (TPSA) is 70.6 Å². The van der Waals surface area contributed by atoms with Crippen LogP contribution in [-0.4, -0.2) is 73.8 Å². The molecule has 2 heterocycles. The van der Waals surface area contributed by atoms with E-state index in [1.54, 1.807) is 19.4 Å². The molecule has 7 heteroatoms. The molecule has 29 heavy (non-hydrogen) atoms. The highest BCUT2D eigenvalue weighted by atomic mass is 16.5. The van der Waals surface area contributed by atoms with Gasteiger partial charge in [-0.15, -0.1) is 0 Å². The van der Waals surface area contributed by atoms with Gasteiger partial charge in [-0.2, -0.15) is 0 Å². The van der Waals surface area contributed by atoms with Crippen LogP contribution in [0.3, 0.4) is 0 Å². The number of benzene rings is 1. The monoisotopic (exact) mass is 395 g/mol. The molecule has 1 aliphatic heterocycles. The lowest BCUT2D eigenvalue weighted by molar-refractivity contribution is 0.0943. The first-order chi connectivity index (χ1) is 14.3. The summed E-state index contributed by atoms with van der Waals surface area (Å²) in [6.07, 6.45) is 6.79. The zero-order valence-electron chi connectivity index (χ0n) is 17.0. The molecule has 1 N–H and O–H groups in total. The van der Waals surface area contributed by atoms with E-state index >= 15 is 0 Å². The van der Waals surface area contributed by atoms with Crippen molar-refractivity contribution in [1.29, 1.82) is 0 Å². The Hall–Kier alpha value is -2.77. The fourth-order valence-electron chi connectivity index (χ4n) is 3.17. The lowest BCUT2D eigenvalue weighted by atomic mass is 10.2. The quantitative estimate of drug-likeness (QED) is 0.656. The second kappa shape index (κ2) is 11.3. The zero-order chi connectivity index (χ0) is 20.3. The first kappa shape index (κ1) is 21.0. The highest BCUT2D eigenvalue weighted by molar-refractivity contribution is 5.92. The van der Waals surface area contributed by atoms with Gasteiger partial charge in [0.1, 0.15) is 5.69 Å². The van der Waals surface area contributed by atoms with E-state index in [1.807, 2.05) is 18.2 Å². The molecule has 1 amide bonds. The third kappa shape index (κ3) is 6.66. The van der Waals surface area contributed by atoms with Crippen molar-refractivity contribution in [2.75, 3.05) is 57.9 Å². The van der Waals surface area contributed by atoms with Gasteiger partial charge in [0.05, 0.1) is 0 Å². The Balaban J connectivity index is 1.46. The summed E-state index contributed by atoms with van der Waals surface area (Å²) in [6, 6.07) is 12.0. The van der Waals surface area contributed by atoms with Gasteiger partial charge in [-0.05, 0) is 18.1 Å². The number of rotatable bonds is 9. The molecular formula is C22H29N5O2. The van der Waals surface area contributed by atoms with Crippen molar-refractivity contribution >= 4 is 17.9 Å². The predicted octanol–water partition coefficient (Wildman–Crippen LogP) is 2.08. The fraction of sp³-hybridized carbons (Fsp3) is 0.409. The minimum Gasteiger partial charge on any atom is -0.385 e. The fourth-order valence-corrected chi connectivity index (χ4v) is 3.17. The number of hydrogen-bond acceptors (Lipinski definition) is 6. The maximum Gasteiger partial charge on any atom is 0.270 e. The Morgan fingerprint density at radius 2 is 1.97 bits per heavy atom. The number of ether oxygens (including phenoxy) is 1. The third-order valence-corrected chi connectivity index (χ3v) is 4.81. The smallest absolute Gasteiger partial charge is 0.270 e. The van der Waals surface area contributed by atoms with Crippen LogP contribution in [0.2, 0.25) is 0 Å². The SMILES string of the molecule is COCCCNC(=O)c1ccnc(N2CCN(C/C=C/c3ccccc3)CC2)n1. The average Bonchev–Trinajstić information content (AvgIpc) is 2.78. The second-order valence-corrected chi connectivity index (χ2v) is 6.94. The summed E-state index contributed by atoms with van der Waals surface area (Å²) in [6.45, 7) is 5.69. The summed E-state index contributed by atoms with van der Waals surface area (Å²) < 4.78 is 4.99. The van der Waals surface area contributed by atoms with E-state index in [4.69, 9.17) is 4.74 Å². The average molecular weight is 396 g/mol. The van der Waals surface area contributed by atoms with Crippen molar-refractivity contribution in [3.05, 3.63) is 59.9 Å². The van der Waals surface area contributed by atoms with E-state index in [2.05, 4.69) is 49.4 Å². The number of amides is 1. The number of nitrogens with zero attached hydrogens (tertiary/aromatic N) is 4. The molecule has 0 unspecified atom stereocenters. The molecule has 0 spiro atoms. The van der Waals surface area contributed by atoms with Gasteiger partial charge < -0.3 is 15.0 Å². The molecule has 7 nitrogen and oxygen atoms in total. The number of carbonyl (C=O) groups is 1. The number of anilines is 1. The van der Waals surface area contributed by atoms with E-state index in [0.717, 1.165) is 39.1 Å². The molecule has 0 atom stereocenters. The molecule has 1 aliphatic rings. The largest absolute Gasteiger partial charge is 0.385 e. The maximum absolute atomic E-state index is 12.3. The number of piperazine rings is 1. The Kier molecular flexibility index (Phi) is 8.15. The lowest BCUT2D eigenvalue weighted by Crippen LogP contribution is -2.47. The van der Waals surface area contributed by atoms with Gasteiger partial charge in [0.25, 0.3) is 5.91 Å². The minimum absolute atomic E-state index is 0.172. The summed E-state index contributed by atoms with van der Waals surface area (Å²) >= 11 is 0. The lowest BCUT2D eigenvalue weighted by Gasteiger charge is -2.34. The Morgan fingerprint density at radius 1 is 1.17 bits per heavy atom. The number of nitrogens with one attached hydrogen (secondary N) is 1. The van der Waals surface area contributed by atoms with Crippen LogP contribution < -0.4 is 10.2 Å². The first-order valence-electron chi connectivity index (χ1n) is 10.1. The van der Waals surface area contributed by atoms with Crippen molar-refractivity contribution in [3.63, 3.8) is 0 Å².